The van der Waals surface area contributed by atoms with Crippen LogP contribution in [0, 0.1) is 5.21 Å². The van der Waals surface area contributed by atoms with Gasteiger partial charge in [-0.2, -0.15) is 0 Å². The summed E-state index contributed by atoms with van der Waals surface area (Å²) >= 11 is 0. The van der Waals surface area contributed by atoms with Gasteiger partial charge in [0.25, 0.3) is 0 Å². The number of rotatable bonds is 7. The van der Waals surface area contributed by atoms with Crippen LogP contribution in [0.25, 0.3) is 0 Å². The molecule has 1 atom stereocenters. The second-order valence-corrected chi connectivity index (χ2v) is 4.46. The van der Waals surface area contributed by atoms with Crippen molar-refractivity contribution in [2.45, 2.75) is 51.5 Å². The second kappa shape index (κ2) is 8.11. The molecule has 0 aromatic heterocycles. The van der Waals surface area contributed by atoms with Gasteiger partial charge in [-0.1, -0.05) is 0 Å². The van der Waals surface area contributed by atoms with Gasteiger partial charge in [0.15, 0.2) is 0 Å². The number of hydrogen-bond acceptors (Lipinski definition) is 4. The van der Waals surface area contributed by atoms with Crippen LogP contribution in [0.1, 0.15) is 45.4 Å². The lowest BCUT2D eigenvalue weighted by Crippen LogP contribution is -2.42. The van der Waals surface area contributed by atoms with Crippen molar-refractivity contribution in [1.82, 2.24) is 5.01 Å². The summed E-state index contributed by atoms with van der Waals surface area (Å²) < 4.78 is 0. The third-order valence-corrected chi connectivity index (χ3v) is 3.01. The number of nitrogens with zero attached hydrogens (tertiary/aromatic N) is 3. The molecule has 0 aliphatic carbocycles. The minimum absolute atomic E-state index is 0.204. The Hall–Kier alpha value is -1.04. The molecule has 1 N–H and O–H groups in total. The van der Waals surface area contributed by atoms with Gasteiger partial charge in [-0.15, -0.1) is 5.01 Å². The average Bonchev–Trinajstić information content (AvgIpc) is 2.34. The summed E-state index contributed by atoms with van der Waals surface area (Å²) in [4.78, 5) is 5.54. The molecular weight excluding hydrogens is 222 g/mol. The van der Waals surface area contributed by atoms with E-state index in [4.69, 9.17) is 9.94 Å². The summed E-state index contributed by atoms with van der Waals surface area (Å²) in [5.74, 6) is 0. The lowest BCUT2D eigenvalue weighted by molar-refractivity contribution is -0.719. The van der Waals surface area contributed by atoms with Crippen molar-refractivity contribution in [3.63, 3.8) is 0 Å². The summed E-state index contributed by atoms with van der Waals surface area (Å²) in [7, 11) is 0. The molecule has 0 aromatic rings. The lowest BCUT2D eigenvalue weighted by Gasteiger charge is -2.28. The fourth-order valence-corrected chi connectivity index (χ4v) is 1.93. The van der Waals surface area contributed by atoms with E-state index in [1.54, 1.807) is 5.01 Å². The van der Waals surface area contributed by atoms with Crippen LogP contribution in [-0.4, -0.2) is 40.9 Å². The van der Waals surface area contributed by atoms with E-state index < -0.39 is 0 Å². The van der Waals surface area contributed by atoms with Crippen molar-refractivity contribution in [2.75, 3.05) is 19.8 Å². The molecule has 17 heavy (non-hydrogen) atoms. The van der Waals surface area contributed by atoms with Crippen LogP contribution in [0.2, 0.25) is 0 Å². The third kappa shape index (κ3) is 5.21. The molecule has 1 unspecified atom stereocenters. The maximum atomic E-state index is 11.6. The second-order valence-electron chi connectivity index (χ2n) is 4.46. The first-order chi connectivity index (χ1) is 8.25. The van der Waals surface area contributed by atoms with Gasteiger partial charge in [0.05, 0.1) is 17.6 Å². The summed E-state index contributed by atoms with van der Waals surface area (Å²) in [6.07, 6.45) is 5.72. The molecular formula is C11H23N3O3. The van der Waals surface area contributed by atoms with Crippen LogP contribution in [-0.2, 0) is 4.84 Å². The highest BCUT2D eigenvalue weighted by atomic mass is 16.7. The molecule has 1 saturated heterocycles. The minimum Gasteiger partial charge on any atom is -0.569 e. The van der Waals surface area contributed by atoms with Crippen LogP contribution >= 0.6 is 0 Å². The Morgan fingerprint density at radius 1 is 1.41 bits per heavy atom. The van der Waals surface area contributed by atoms with Crippen molar-refractivity contribution in [3.8, 4) is 0 Å². The summed E-state index contributed by atoms with van der Waals surface area (Å²) in [6.45, 7) is 3.42. The highest BCUT2D eigenvalue weighted by molar-refractivity contribution is 4.65. The van der Waals surface area contributed by atoms with Crippen molar-refractivity contribution >= 4 is 0 Å². The zero-order valence-corrected chi connectivity index (χ0v) is 10.5. The summed E-state index contributed by atoms with van der Waals surface area (Å²) in [5, 5.41) is 25.4. The largest absolute Gasteiger partial charge is 0.569 e. The van der Waals surface area contributed by atoms with Crippen molar-refractivity contribution in [3.05, 3.63) is 5.21 Å². The Bertz CT molecular complexity index is 236. The topological polar surface area (TPSA) is 71.1 Å². The number of hydrogen-bond donors (Lipinski definition) is 1. The van der Waals surface area contributed by atoms with Crippen LogP contribution in [0.15, 0.2) is 5.28 Å². The molecule has 6 heteroatoms. The molecule has 1 heterocycles. The van der Waals surface area contributed by atoms with E-state index in [1.165, 1.54) is 6.42 Å². The number of unbranched alkanes of at least 4 members (excludes halogenated alkanes) is 2. The van der Waals surface area contributed by atoms with E-state index in [9.17, 15) is 5.21 Å². The predicted molar refractivity (Wildman–Crippen MR) is 63.0 cm³/mol. The molecule has 0 radical (unpaired) electrons. The van der Waals surface area contributed by atoms with Gasteiger partial charge < -0.3 is 15.2 Å². The Labute approximate surface area is 102 Å². The molecule has 0 amide bonds. The first kappa shape index (κ1) is 14.0. The molecule has 1 fully saturated rings. The quantitative estimate of drug-likeness (QED) is 0.321. The monoisotopic (exact) mass is 245 g/mol. The number of aliphatic hydroxyl groups excluding tert-OH is 1. The third-order valence-electron chi connectivity index (χ3n) is 3.01. The molecule has 1 rings (SSSR count). The zero-order chi connectivity index (χ0) is 12.5. The van der Waals surface area contributed by atoms with Gasteiger partial charge in [0, 0.05) is 6.61 Å². The molecule has 0 bridgehead atoms. The highest BCUT2D eigenvalue weighted by Crippen LogP contribution is 2.16. The lowest BCUT2D eigenvalue weighted by atomic mass is 10.1. The normalized spacial score (nSPS) is 21.6. The van der Waals surface area contributed by atoms with Gasteiger partial charge in [-0.05, 0) is 45.4 Å². The van der Waals surface area contributed by atoms with Crippen molar-refractivity contribution in [2.24, 2.45) is 5.28 Å². The molecule has 1 aliphatic rings. The Morgan fingerprint density at radius 3 is 2.94 bits per heavy atom. The molecule has 0 saturated carbocycles. The van der Waals surface area contributed by atoms with E-state index in [1.807, 2.05) is 6.92 Å². The number of aliphatic hydroxyl groups is 1. The average molecular weight is 245 g/mol. The van der Waals surface area contributed by atoms with E-state index >= 15 is 0 Å². The molecule has 0 spiro atoms. The fraction of sp³-hybridized carbons (Fsp3) is 1.00. The van der Waals surface area contributed by atoms with E-state index in [-0.39, 0.29) is 12.6 Å². The van der Waals surface area contributed by atoms with Crippen molar-refractivity contribution < 1.29 is 14.9 Å². The van der Waals surface area contributed by atoms with E-state index in [0.717, 1.165) is 38.6 Å². The van der Waals surface area contributed by atoms with Gasteiger partial charge in [0.1, 0.15) is 6.61 Å². The van der Waals surface area contributed by atoms with Crippen molar-refractivity contribution in [1.29, 1.82) is 0 Å². The SMILES string of the molecule is CC1CCCCN1/[N+]([O-])=N/OCCCCCO. The van der Waals surface area contributed by atoms with Crippen LogP contribution in [0.4, 0.5) is 0 Å². The summed E-state index contributed by atoms with van der Waals surface area (Å²) in [5.41, 5.74) is 0. The van der Waals surface area contributed by atoms with Gasteiger partial charge in [0.2, 0.25) is 5.28 Å². The predicted octanol–water partition coefficient (Wildman–Crippen LogP) is 1.83. The zero-order valence-electron chi connectivity index (χ0n) is 10.5. The highest BCUT2D eigenvalue weighted by Gasteiger charge is 2.24. The molecule has 0 aromatic carbocycles. The number of hydrazine groups is 1. The molecule has 6 nitrogen and oxygen atoms in total. The van der Waals surface area contributed by atoms with E-state index in [2.05, 4.69) is 5.28 Å². The minimum atomic E-state index is 0.204. The first-order valence-corrected chi connectivity index (χ1v) is 6.43. The van der Waals surface area contributed by atoms with Crippen LogP contribution in [0.3, 0.4) is 0 Å². The van der Waals surface area contributed by atoms with Gasteiger partial charge >= 0.3 is 0 Å². The molecule has 100 valence electrons. The first-order valence-electron chi connectivity index (χ1n) is 6.43. The standard InChI is InChI=1S/C11H23N3O3/c1-11-7-3-4-8-13(11)14(16)12-17-10-6-2-5-9-15/h11,15H,2-10H2,1H3/b14-12-. The Kier molecular flexibility index (Phi) is 6.69. The molecule has 1 aliphatic heterocycles. The van der Waals surface area contributed by atoms with Gasteiger partial charge in [-0.25, -0.2) is 0 Å². The van der Waals surface area contributed by atoms with Crippen LogP contribution < -0.4 is 0 Å². The van der Waals surface area contributed by atoms with E-state index in [0.29, 0.717) is 11.6 Å². The summed E-state index contributed by atoms with van der Waals surface area (Å²) in [6, 6.07) is 0.239. The fourth-order valence-electron chi connectivity index (χ4n) is 1.93. The smallest absolute Gasteiger partial charge is 0.233 e. The van der Waals surface area contributed by atoms with Gasteiger partial charge in [-0.3, -0.25) is 0 Å². The number of piperidine rings is 1. The Balaban J connectivity index is 2.18. The maximum absolute atomic E-state index is 11.6. The van der Waals surface area contributed by atoms with Crippen LogP contribution in [0.5, 0.6) is 0 Å². The Morgan fingerprint density at radius 2 is 2.24 bits per heavy atom. The maximum Gasteiger partial charge on any atom is 0.233 e.